The first-order valence-electron chi connectivity index (χ1n) is 8.61. The number of nitrogens with zero attached hydrogens (tertiary/aromatic N) is 2. The number of nitrogens with one attached hydrogen (secondary N) is 3. The van der Waals surface area contributed by atoms with Crippen LogP contribution in [0, 0.1) is 12.5 Å². The maximum atomic E-state index is 12.0. The number of rotatable bonds is 5. The molecule has 0 radical (unpaired) electrons. The van der Waals surface area contributed by atoms with E-state index in [4.69, 9.17) is 6.57 Å². The first-order valence-corrected chi connectivity index (χ1v) is 8.61. The standard InChI is InChI=1S/C20H21N5O/c1-4-13(2)12-22-20(26)23-19-17-10-7-15(11-18(17)24-25-19)14-5-8-16(21-3)9-6-14/h5-11,13H,4,12H2,1-2H3,(H3,22,23,24,25,26). The summed E-state index contributed by atoms with van der Waals surface area (Å²) in [7, 11) is 0. The monoisotopic (exact) mass is 347 g/mol. The van der Waals surface area contributed by atoms with Gasteiger partial charge in [0.05, 0.1) is 12.1 Å². The Hall–Kier alpha value is -3.33. The lowest BCUT2D eigenvalue weighted by molar-refractivity contribution is 0.250. The van der Waals surface area contributed by atoms with Crippen molar-refractivity contribution in [3.05, 3.63) is 53.9 Å². The Morgan fingerprint density at radius 3 is 2.65 bits per heavy atom. The van der Waals surface area contributed by atoms with Crippen LogP contribution in [0.25, 0.3) is 26.9 Å². The van der Waals surface area contributed by atoms with Gasteiger partial charge in [0.1, 0.15) is 0 Å². The molecule has 3 aromatic rings. The molecule has 0 fully saturated rings. The van der Waals surface area contributed by atoms with Gasteiger partial charge in [0, 0.05) is 11.9 Å². The highest BCUT2D eigenvalue weighted by atomic mass is 16.2. The zero-order valence-electron chi connectivity index (χ0n) is 14.8. The van der Waals surface area contributed by atoms with Gasteiger partial charge < -0.3 is 5.32 Å². The van der Waals surface area contributed by atoms with E-state index < -0.39 is 0 Å². The Morgan fingerprint density at radius 1 is 1.23 bits per heavy atom. The van der Waals surface area contributed by atoms with Gasteiger partial charge in [0.25, 0.3) is 0 Å². The normalized spacial score (nSPS) is 11.7. The lowest BCUT2D eigenvalue weighted by Crippen LogP contribution is -2.32. The third kappa shape index (κ3) is 3.83. The Balaban J connectivity index is 1.76. The van der Waals surface area contributed by atoms with Crippen LogP contribution in [0.5, 0.6) is 0 Å². The van der Waals surface area contributed by atoms with Crippen LogP contribution in [0.15, 0.2) is 42.5 Å². The Morgan fingerprint density at radius 2 is 1.96 bits per heavy atom. The van der Waals surface area contributed by atoms with Crippen LogP contribution in [-0.2, 0) is 0 Å². The molecule has 0 bridgehead atoms. The molecule has 0 saturated carbocycles. The van der Waals surface area contributed by atoms with Crippen LogP contribution in [-0.4, -0.2) is 22.8 Å². The molecule has 132 valence electrons. The van der Waals surface area contributed by atoms with Gasteiger partial charge in [-0.15, -0.1) is 0 Å². The molecule has 6 heteroatoms. The second-order valence-electron chi connectivity index (χ2n) is 6.34. The van der Waals surface area contributed by atoms with Crippen molar-refractivity contribution in [2.24, 2.45) is 5.92 Å². The second kappa shape index (κ2) is 7.70. The van der Waals surface area contributed by atoms with E-state index in [9.17, 15) is 4.79 Å². The number of carbonyl (C=O) groups is 1. The van der Waals surface area contributed by atoms with Crippen molar-refractivity contribution in [3.8, 4) is 11.1 Å². The maximum absolute atomic E-state index is 12.0. The lowest BCUT2D eigenvalue weighted by atomic mass is 10.0. The molecule has 0 spiro atoms. The van der Waals surface area contributed by atoms with Crippen molar-refractivity contribution >= 4 is 28.4 Å². The van der Waals surface area contributed by atoms with Gasteiger partial charge in [-0.1, -0.05) is 50.6 Å². The van der Waals surface area contributed by atoms with E-state index in [1.807, 2.05) is 30.3 Å². The first-order chi connectivity index (χ1) is 12.6. The molecule has 1 atom stereocenters. The fourth-order valence-electron chi connectivity index (χ4n) is 2.59. The summed E-state index contributed by atoms with van der Waals surface area (Å²) < 4.78 is 0. The number of hydrogen-bond donors (Lipinski definition) is 3. The highest BCUT2D eigenvalue weighted by Crippen LogP contribution is 2.28. The molecule has 0 aliphatic rings. The SMILES string of the molecule is [C-]#[N+]c1ccc(-c2ccc3c(NC(=O)NCC(C)CC)n[nH]c3c2)cc1. The largest absolute Gasteiger partial charge is 0.338 e. The number of benzene rings is 2. The molecule has 3 N–H and O–H groups in total. The number of carbonyl (C=O) groups excluding carboxylic acids is 1. The number of urea groups is 1. The minimum Gasteiger partial charge on any atom is -0.338 e. The summed E-state index contributed by atoms with van der Waals surface area (Å²) in [5.74, 6) is 0.949. The van der Waals surface area contributed by atoms with E-state index in [0.717, 1.165) is 28.5 Å². The second-order valence-corrected chi connectivity index (χ2v) is 6.34. The van der Waals surface area contributed by atoms with Gasteiger partial charge in [-0.3, -0.25) is 10.4 Å². The maximum Gasteiger partial charge on any atom is 0.320 e. The van der Waals surface area contributed by atoms with Crippen LogP contribution in [0.3, 0.4) is 0 Å². The molecule has 2 aromatic carbocycles. The quantitative estimate of drug-likeness (QED) is 0.571. The predicted octanol–water partition coefficient (Wildman–Crippen LogP) is 4.95. The van der Waals surface area contributed by atoms with E-state index in [0.29, 0.717) is 24.0 Å². The zero-order valence-corrected chi connectivity index (χ0v) is 14.8. The molecule has 1 unspecified atom stereocenters. The van der Waals surface area contributed by atoms with Crippen LogP contribution >= 0.6 is 0 Å². The van der Waals surface area contributed by atoms with Crippen LogP contribution in [0.4, 0.5) is 16.3 Å². The van der Waals surface area contributed by atoms with Crippen molar-refractivity contribution in [2.45, 2.75) is 20.3 Å². The Bertz CT molecular complexity index is 952. The minimum atomic E-state index is -0.252. The molecule has 2 amide bonds. The van der Waals surface area contributed by atoms with Crippen molar-refractivity contribution in [1.82, 2.24) is 15.5 Å². The smallest absolute Gasteiger partial charge is 0.320 e. The fraction of sp³-hybridized carbons (Fsp3) is 0.250. The predicted molar refractivity (Wildman–Crippen MR) is 104 cm³/mol. The van der Waals surface area contributed by atoms with E-state index in [2.05, 4.69) is 39.5 Å². The lowest BCUT2D eigenvalue weighted by Gasteiger charge is -2.10. The number of hydrogen-bond acceptors (Lipinski definition) is 2. The van der Waals surface area contributed by atoms with Crippen LogP contribution in [0.2, 0.25) is 0 Å². The molecular weight excluding hydrogens is 326 g/mol. The third-order valence-corrected chi connectivity index (χ3v) is 4.43. The zero-order chi connectivity index (χ0) is 18.5. The molecule has 0 aliphatic carbocycles. The summed E-state index contributed by atoms with van der Waals surface area (Å²) in [6.07, 6.45) is 1.02. The van der Waals surface area contributed by atoms with Crippen molar-refractivity contribution in [3.63, 3.8) is 0 Å². The summed E-state index contributed by atoms with van der Waals surface area (Å²) in [5.41, 5.74) is 3.50. The number of anilines is 1. The van der Waals surface area contributed by atoms with Crippen LogP contribution < -0.4 is 10.6 Å². The molecule has 1 heterocycles. The van der Waals surface area contributed by atoms with Crippen LogP contribution in [0.1, 0.15) is 20.3 Å². The van der Waals surface area contributed by atoms with Gasteiger partial charge in [-0.25, -0.2) is 9.64 Å². The van der Waals surface area contributed by atoms with E-state index in [1.54, 1.807) is 12.1 Å². The Kier molecular flexibility index (Phi) is 5.18. The minimum absolute atomic E-state index is 0.252. The summed E-state index contributed by atoms with van der Waals surface area (Å²) in [4.78, 5) is 15.4. The molecule has 3 rings (SSSR count). The fourth-order valence-corrected chi connectivity index (χ4v) is 2.59. The Labute approximate surface area is 152 Å². The first kappa shape index (κ1) is 17.5. The van der Waals surface area contributed by atoms with Crippen molar-refractivity contribution < 1.29 is 4.79 Å². The number of aromatic amines is 1. The van der Waals surface area contributed by atoms with Crippen molar-refractivity contribution in [2.75, 3.05) is 11.9 Å². The summed E-state index contributed by atoms with van der Waals surface area (Å²) in [6.45, 7) is 11.8. The number of fused-ring (bicyclic) bond motifs is 1. The number of aromatic nitrogens is 2. The highest BCUT2D eigenvalue weighted by molar-refractivity contribution is 6.00. The average Bonchev–Trinajstić information content (AvgIpc) is 3.08. The van der Waals surface area contributed by atoms with Gasteiger partial charge >= 0.3 is 6.03 Å². The molecule has 0 saturated heterocycles. The summed E-state index contributed by atoms with van der Waals surface area (Å²) >= 11 is 0. The average molecular weight is 347 g/mol. The molecule has 0 aliphatic heterocycles. The molecular formula is C20H21N5O. The molecule has 26 heavy (non-hydrogen) atoms. The summed E-state index contributed by atoms with van der Waals surface area (Å²) in [6, 6.07) is 13.1. The van der Waals surface area contributed by atoms with Gasteiger partial charge in [-0.05, 0) is 29.2 Å². The van der Waals surface area contributed by atoms with E-state index in [-0.39, 0.29) is 6.03 Å². The third-order valence-electron chi connectivity index (χ3n) is 4.43. The van der Waals surface area contributed by atoms with E-state index in [1.165, 1.54) is 0 Å². The van der Waals surface area contributed by atoms with Gasteiger partial charge in [-0.2, -0.15) is 5.10 Å². The van der Waals surface area contributed by atoms with E-state index >= 15 is 0 Å². The van der Waals surface area contributed by atoms with Crippen molar-refractivity contribution in [1.29, 1.82) is 0 Å². The topological polar surface area (TPSA) is 74.2 Å². The highest BCUT2D eigenvalue weighted by Gasteiger charge is 2.11. The number of H-pyrrole nitrogens is 1. The summed E-state index contributed by atoms with van der Waals surface area (Å²) in [5, 5.41) is 13.7. The van der Waals surface area contributed by atoms with Gasteiger partial charge in [0.2, 0.25) is 0 Å². The molecule has 1 aromatic heterocycles. The molecule has 6 nitrogen and oxygen atoms in total. The number of amides is 2. The van der Waals surface area contributed by atoms with Gasteiger partial charge in [0.15, 0.2) is 11.5 Å².